The van der Waals surface area contributed by atoms with Gasteiger partial charge in [0.05, 0.1) is 30.7 Å². The van der Waals surface area contributed by atoms with Crippen LogP contribution in [0.15, 0.2) is 47.2 Å². The molecule has 0 bridgehead atoms. The van der Waals surface area contributed by atoms with Crippen LogP contribution in [0.4, 0.5) is 14.9 Å². The quantitative estimate of drug-likeness (QED) is 0.561. The number of nitrogens with zero attached hydrogens (tertiary/aromatic N) is 5. The number of aryl methyl sites for hydroxylation is 2. The number of halogens is 1. The second-order valence-corrected chi connectivity index (χ2v) is 8.17. The van der Waals surface area contributed by atoms with Crippen LogP contribution >= 0.6 is 0 Å². The smallest absolute Gasteiger partial charge is 0.332 e. The lowest BCUT2D eigenvalue weighted by molar-refractivity contribution is -0.123. The van der Waals surface area contributed by atoms with Gasteiger partial charge < -0.3 is 9.42 Å². The number of carbonyl (C=O) groups excluding carboxylic acids is 2. The summed E-state index contributed by atoms with van der Waals surface area (Å²) in [5.74, 6) is 0.264. The maximum absolute atomic E-state index is 14.9. The molecule has 0 aliphatic carbocycles. The highest BCUT2D eigenvalue weighted by atomic mass is 19.1. The van der Waals surface area contributed by atoms with E-state index in [0.717, 1.165) is 16.2 Å². The third-order valence-electron chi connectivity index (χ3n) is 5.71. The SMILES string of the molecule is Cc1noc(C)c1Cn1cc(N2C(=O)N(CC(F)c3ccccc3)C(C)(C)C2=O)cn1. The maximum atomic E-state index is 14.9. The molecule has 0 spiro atoms. The Morgan fingerprint density at radius 2 is 1.87 bits per heavy atom. The van der Waals surface area contributed by atoms with Gasteiger partial charge in [0.1, 0.15) is 17.5 Å². The number of benzene rings is 1. The van der Waals surface area contributed by atoms with E-state index >= 15 is 0 Å². The molecule has 4 rings (SSSR count). The Morgan fingerprint density at radius 1 is 1.16 bits per heavy atom. The molecule has 0 saturated carbocycles. The number of amides is 3. The zero-order chi connectivity index (χ0) is 22.3. The lowest BCUT2D eigenvalue weighted by atomic mass is 10.0. The van der Waals surface area contributed by atoms with Crippen molar-refractivity contribution in [3.8, 4) is 0 Å². The first kappa shape index (κ1) is 20.8. The van der Waals surface area contributed by atoms with Gasteiger partial charge in [-0.1, -0.05) is 35.5 Å². The summed E-state index contributed by atoms with van der Waals surface area (Å²) in [5.41, 5.74) is 1.26. The Morgan fingerprint density at radius 3 is 2.52 bits per heavy atom. The molecule has 0 radical (unpaired) electrons. The third-order valence-corrected chi connectivity index (χ3v) is 5.71. The molecule has 1 unspecified atom stereocenters. The first-order valence-corrected chi connectivity index (χ1v) is 9.99. The predicted octanol–water partition coefficient (Wildman–Crippen LogP) is 3.79. The summed E-state index contributed by atoms with van der Waals surface area (Å²) in [7, 11) is 0. The second kappa shape index (κ2) is 7.64. The molecule has 31 heavy (non-hydrogen) atoms. The Hall–Kier alpha value is -3.49. The molecule has 3 aromatic rings. The lowest BCUT2D eigenvalue weighted by Gasteiger charge is -2.29. The van der Waals surface area contributed by atoms with Crippen molar-refractivity contribution < 1.29 is 18.5 Å². The van der Waals surface area contributed by atoms with Crippen LogP contribution in [0.25, 0.3) is 0 Å². The number of urea groups is 1. The number of carbonyl (C=O) groups is 2. The van der Waals surface area contributed by atoms with Gasteiger partial charge in [-0.3, -0.25) is 9.48 Å². The van der Waals surface area contributed by atoms with Gasteiger partial charge in [0.2, 0.25) is 0 Å². The van der Waals surface area contributed by atoms with Crippen LogP contribution in [-0.2, 0) is 11.3 Å². The summed E-state index contributed by atoms with van der Waals surface area (Å²) in [6.07, 6.45) is 1.67. The first-order chi connectivity index (χ1) is 14.7. The van der Waals surface area contributed by atoms with E-state index in [-0.39, 0.29) is 6.54 Å². The van der Waals surface area contributed by atoms with Crippen LogP contribution in [-0.4, -0.2) is 43.9 Å². The van der Waals surface area contributed by atoms with Crippen molar-refractivity contribution in [1.82, 2.24) is 19.8 Å². The normalized spacial score (nSPS) is 16.9. The molecule has 162 valence electrons. The summed E-state index contributed by atoms with van der Waals surface area (Å²) < 4.78 is 21.7. The van der Waals surface area contributed by atoms with Gasteiger partial charge in [-0.2, -0.15) is 5.10 Å². The molecule has 1 aliphatic rings. The van der Waals surface area contributed by atoms with Crippen LogP contribution in [0.1, 0.15) is 42.6 Å². The average molecular weight is 425 g/mol. The standard InChI is InChI=1S/C22H24FN5O3/c1-14-18(15(2)31-25-14)12-26-11-17(10-24-26)28-20(29)22(3,4)27(21(28)30)13-19(23)16-8-6-5-7-9-16/h5-11,19H,12-13H2,1-4H3. The van der Waals surface area contributed by atoms with Crippen molar-refractivity contribution >= 4 is 17.6 Å². The summed E-state index contributed by atoms with van der Waals surface area (Å²) >= 11 is 0. The van der Waals surface area contributed by atoms with E-state index in [4.69, 9.17) is 4.52 Å². The Kier molecular flexibility index (Phi) is 5.12. The minimum Gasteiger partial charge on any atom is -0.361 e. The van der Waals surface area contributed by atoms with E-state index in [1.807, 2.05) is 13.8 Å². The molecule has 9 heteroatoms. The minimum atomic E-state index is -1.40. The number of hydrogen-bond donors (Lipinski definition) is 0. The van der Waals surface area contributed by atoms with Crippen molar-refractivity contribution in [2.75, 3.05) is 11.4 Å². The van der Waals surface area contributed by atoms with Crippen LogP contribution in [0.5, 0.6) is 0 Å². The molecule has 1 saturated heterocycles. The monoisotopic (exact) mass is 425 g/mol. The number of anilines is 1. The second-order valence-electron chi connectivity index (χ2n) is 8.17. The third kappa shape index (κ3) is 3.60. The number of aromatic nitrogens is 3. The molecule has 2 aromatic heterocycles. The van der Waals surface area contributed by atoms with E-state index < -0.39 is 23.6 Å². The van der Waals surface area contributed by atoms with E-state index in [1.165, 1.54) is 11.1 Å². The van der Waals surface area contributed by atoms with E-state index in [0.29, 0.717) is 23.6 Å². The van der Waals surface area contributed by atoms with Gasteiger partial charge in [-0.25, -0.2) is 14.1 Å². The summed E-state index contributed by atoms with van der Waals surface area (Å²) in [5, 5.41) is 8.20. The number of imide groups is 1. The maximum Gasteiger partial charge on any atom is 0.332 e. The van der Waals surface area contributed by atoms with Gasteiger partial charge in [0, 0.05) is 11.8 Å². The van der Waals surface area contributed by atoms with Gasteiger partial charge >= 0.3 is 6.03 Å². The van der Waals surface area contributed by atoms with Crippen molar-refractivity contribution in [1.29, 1.82) is 0 Å². The van der Waals surface area contributed by atoms with Crippen molar-refractivity contribution in [2.45, 2.75) is 46.0 Å². The molecule has 1 fully saturated rings. The largest absolute Gasteiger partial charge is 0.361 e. The van der Waals surface area contributed by atoms with Crippen molar-refractivity contribution in [3.63, 3.8) is 0 Å². The zero-order valence-electron chi connectivity index (χ0n) is 17.9. The molecule has 3 amide bonds. The summed E-state index contributed by atoms with van der Waals surface area (Å²) in [4.78, 5) is 28.6. The first-order valence-electron chi connectivity index (χ1n) is 9.99. The molecule has 1 atom stereocenters. The number of hydrogen-bond acceptors (Lipinski definition) is 5. The predicted molar refractivity (Wildman–Crippen MR) is 111 cm³/mol. The summed E-state index contributed by atoms with van der Waals surface area (Å²) in [6.45, 7) is 7.08. The Labute approximate surface area is 179 Å². The average Bonchev–Trinajstić information content (AvgIpc) is 3.38. The molecule has 8 nitrogen and oxygen atoms in total. The van der Waals surface area contributed by atoms with E-state index in [9.17, 15) is 14.0 Å². The fraction of sp³-hybridized carbons (Fsp3) is 0.364. The van der Waals surface area contributed by atoms with E-state index in [1.54, 1.807) is 55.1 Å². The number of rotatable bonds is 6. The highest BCUT2D eigenvalue weighted by Crippen LogP contribution is 2.34. The minimum absolute atomic E-state index is 0.217. The topological polar surface area (TPSA) is 84.5 Å². The highest BCUT2D eigenvalue weighted by Gasteiger charge is 2.52. The molecule has 1 aromatic carbocycles. The van der Waals surface area contributed by atoms with Crippen LogP contribution < -0.4 is 4.90 Å². The number of alkyl halides is 1. The Balaban J connectivity index is 1.56. The highest BCUT2D eigenvalue weighted by molar-refractivity contribution is 6.22. The molecule has 1 aliphatic heterocycles. The molecular weight excluding hydrogens is 401 g/mol. The molecule has 3 heterocycles. The Bertz CT molecular complexity index is 1100. The van der Waals surface area contributed by atoms with Crippen LogP contribution in [0, 0.1) is 13.8 Å². The van der Waals surface area contributed by atoms with Gasteiger partial charge in [0.15, 0.2) is 0 Å². The van der Waals surface area contributed by atoms with Crippen LogP contribution in [0.3, 0.4) is 0 Å². The fourth-order valence-corrected chi connectivity index (χ4v) is 3.74. The zero-order valence-corrected chi connectivity index (χ0v) is 17.9. The fourth-order valence-electron chi connectivity index (χ4n) is 3.74. The summed E-state index contributed by atoms with van der Waals surface area (Å²) in [6, 6.07) is 8.04. The van der Waals surface area contributed by atoms with Gasteiger partial charge in [-0.05, 0) is 33.3 Å². The van der Waals surface area contributed by atoms with Crippen molar-refractivity contribution in [3.05, 3.63) is 65.3 Å². The molecular formula is C22H24FN5O3. The van der Waals surface area contributed by atoms with Crippen LogP contribution in [0.2, 0.25) is 0 Å². The lowest BCUT2D eigenvalue weighted by Crippen LogP contribution is -2.45. The van der Waals surface area contributed by atoms with E-state index in [2.05, 4.69) is 10.3 Å². The van der Waals surface area contributed by atoms with Gasteiger partial charge in [-0.15, -0.1) is 0 Å². The van der Waals surface area contributed by atoms with Crippen molar-refractivity contribution in [2.24, 2.45) is 0 Å². The van der Waals surface area contributed by atoms with Gasteiger partial charge in [0.25, 0.3) is 5.91 Å². The molecule has 0 N–H and O–H groups in total.